The first-order chi connectivity index (χ1) is 9.86. The lowest BCUT2D eigenvalue weighted by Gasteiger charge is -2.09. The highest BCUT2D eigenvalue weighted by Gasteiger charge is 2.11. The molecule has 1 N–H and O–H groups in total. The van der Waals surface area contributed by atoms with Crippen LogP contribution in [0.15, 0.2) is 34.8 Å². The van der Waals surface area contributed by atoms with E-state index in [0.717, 1.165) is 12.1 Å². The lowest BCUT2D eigenvalue weighted by Crippen LogP contribution is -2.03. The molecule has 0 radical (unpaired) electrons. The molecule has 2 rings (SSSR count). The van der Waals surface area contributed by atoms with E-state index in [-0.39, 0.29) is 22.3 Å². The van der Waals surface area contributed by atoms with Crippen molar-refractivity contribution >= 4 is 27.3 Å². The molecule has 0 fully saturated rings. The number of hydrogen-bond acceptors (Lipinski definition) is 3. The summed E-state index contributed by atoms with van der Waals surface area (Å²) < 4.78 is 39.9. The zero-order valence-electron chi connectivity index (χ0n) is 10.4. The maximum Gasteiger partial charge on any atom is 0.272 e. The molecule has 0 spiro atoms. The highest BCUT2D eigenvalue weighted by atomic mass is 79.9. The number of rotatable bonds is 4. The highest BCUT2D eigenvalue weighted by molar-refractivity contribution is 9.10. The van der Waals surface area contributed by atoms with Gasteiger partial charge >= 0.3 is 0 Å². The Bertz CT molecular complexity index is 710. The van der Waals surface area contributed by atoms with Crippen molar-refractivity contribution in [3.63, 3.8) is 0 Å². The number of non-ortho nitro benzene ring substituents is 1. The number of halogens is 4. The van der Waals surface area contributed by atoms with Gasteiger partial charge in [0.2, 0.25) is 0 Å². The number of nitrogens with zero attached hydrogens (tertiary/aromatic N) is 1. The lowest BCUT2D eigenvalue weighted by molar-refractivity contribution is -0.385. The maximum atomic E-state index is 13.5. The van der Waals surface area contributed by atoms with Crippen LogP contribution in [0.2, 0.25) is 0 Å². The molecule has 2 aromatic rings. The number of nitrogens with one attached hydrogen (secondary N) is 1. The number of anilines is 1. The summed E-state index contributed by atoms with van der Waals surface area (Å²) in [6, 6.07) is 4.94. The van der Waals surface area contributed by atoms with Gasteiger partial charge in [-0.05, 0) is 33.6 Å². The second-order valence-corrected chi connectivity index (χ2v) is 5.03. The van der Waals surface area contributed by atoms with Gasteiger partial charge in [0, 0.05) is 18.7 Å². The standard InChI is InChI=1S/C13H8BrF3N2O2/c14-10-4-13(12(17)5-11(10)16)18-6-7-1-8(15)3-9(2-7)19(20)21/h1-5,18H,6H2. The molecule has 110 valence electrons. The Kier molecular flexibility index (Phi) is 4.46. The first-order valence-electron chi connectivity index (χ1n) is 5.69. The molecule has 8 heteroatoms. The molecule has 0 atom stereocenters. The van der Waals surface area contributed by atoms with Gasteiger partial charge in [0.1, 0.15) is 17.5 Å². The Morgan fingerprint density at radius 1 is 1.10 bits per heavy atom. The van der Waals surface area contributed by atoms with Crippen molar-refractivity contribution in [1.29, 1.82) is 0 Å². The summed E-state index contributed by atoms with van der Waals surface area (Å²) in [5.74, 6) is -2.33. The zero-order valence-corrected chi connectivity index (χ0v) is 12.0. The quantitative estimate of drug-likeness (QED) is 0.499. The summed E-state index contributed by atoms with van der Waals surface area (Å²) in [5.41, 5.74) is -0.135. The Labute approximate surface area is 125 Å². The summed E-state index contributed by atoms with van der Waals surface area (Å²) in [6.07, 6.45) is 0. The molecule has 0 saturated carbocycles. The van der Waals surface area contributed by atoms with Crippen molar-refractivity contribution in [1.82, 2.24) is 0 Å². The minimum absolute atomic E-state index is 0.00445. The van der Waals surface area contributed by atoms with Gasteiger partial charge in [-0.15, -0.1) is 0 Å². The van der Waals surface area contributed by atoms with Crippen LogP contribution in [-0.4, -0.2) is 4.92 Å². The average molecular weight is 361 g/mol. The summed E-state index contributed by atoms with van der Waals surface area (Å²) in [4.78, 5) is 9.91. The predicted octanol–water partition coefficient (Wildman–Crippen LogP) is 4.39. The smallest absolute Gasteiger partial charge is 0.272 e. The van der Waals surface area contributed by atoms with Crippen LogP contribution < -0.4 is 5.32 Å². The van der Waals surface area contributed by atoms with E-state index >= 15 is 0 Å². The molecule has 0 aliphatic carbocycles. The van der Waals surface area contributed by atoms with Crippen LogP contribution in [0.25, 0.3) is 0 Å². The third-order valence-electron chi connectivity index (χ3n) is 2.65. The van der Waals surface area contributed by atoms with E-state index in [9.17, 15) is 23.3 Å². The highest BCUT2D eigenvalue weighted by Crippen LogP contribution is 2.24. The molecule has 4 nitrogen and oxygen atoms in total. The number of benzene rings is 2. The largest absolute Gasteiger partial charge is 0.379 e. The fraction of sp³-hybridized carbons (Fsp3) is 0.0769. The molecular weight excluding hydrogens is 353 g/mol. The topological polar surface area (TPSA) is 55.2 Å². The molecular formula is C13H8BrF3N2O2. The molecule has 0 aromatic heterocycles. The average Bonchev–Trinajstić information content (AvgIpc) is 2.40. The normalized spacial score (nSPS) is 10.5. The summed E-state index contributed by atoms with van der Waals surface area (Å²) in [5, 5.41) is 13.3. The summed E-state index contributed by atoms with van der Waals surface area (Å²) >= 11 is 2.92. The zero-order chi connectivity index (χ0) is 15.6. The van der Waals surface area contributed by atoms with E-state index in [0.29, 0.717) is 6.07 Å². The van der Waals surface area contributed by atoms with Gasteiger partial charge in [-0.3, -0.25) is 10.1 Å². The first-order valence-corrected chi connectivity index (χ1v) is 6.48. The van der Waals surface area contributed by atoms with Crippen LogP contribution in [0.5, 0.6) is 0 Å². The van der Waals surface area contributed by atoms with Gasteiger partial charge in [0.25, 0.3) is 5.69 Å². The summed E-state index contributed by atoms with van der Waals surface area (Å²) in [7, 11) is 0. The van der Waals surface area contributed by atoms with Crippen molar-refractivity contribution in [2.24, 2.45) is 0 Å². The first kappa shape index (κ1) is 15.3. The van der Waals surface area contributed by atoms with Gasteiger partial charge in [-0.25, -0.2) is 13.2 Å². The Morgan fingerprint density at radius 3 is 2.48 bits per heavy atom. The van der Waals surface area contributed by atoms with Crippen LogP contribution in [0.3, 0.4) is 0 Å². The van der Waals surface area contributed by atoms with Crippen LogP contribution in [0.4, 0.5) is 24.5 Å². The Morgan fingerprint density at radius 2 is 1.81 bits per heavy atom. The summed E-state index contributed by atoms with van der Waals surface area (Å²) in [6.45, 7) is -0.0480. The van der Waals surface area contributed by atoms with Gasteiger partial charge in [-0.2, -0.15) is 0 Å². The van der Waals surface area contributed by atoms with Gasteiger partial charge in [0.05, 0.1) is 21.1 Å². The minimum Gasteiger partial charge on any atom is -0.379 e. The van der Waals surface area contributed by atoms with Crippen LogP contribution in [-0.2, 0) is 6.54 Å². The van der Waals surface area contributed by atoms with Crippen molar-refractivity contribution in [3.8, 4) is 0 Å². The van der Waals surface area contributed by atoms with Gasteiger partial charge in [-0.1, -0.05) is 0 Å². The number of hydrogen-bond donors (Lipinski definition) is 1. The monoisotopic (exact) mass is 360 g/mol. The van der Waals surface area contributed by atoms with E-state index in [4.69, 9.17) is 0 Å². The third kappa shape index (κ3) is 3.72. The lowest BCUT2D eigenvalue weighted by atomic mass is 10.2. The molecule has 0 amide bonds. The Balaban J connectivity index is 2.20. The molecule has 0 heterocycles. The minimum atomic E-state index is -0.818. The molecule has 0 saturated heterocycles. The van der Waals surface area contributed by atoms with Crippen molar-refractivity contribution in [3.05, 3.63) is 67.9 Å². The van der Waals surface area contributed by atoms with E-state index < -0.39 is 28.1 Å². The Hall–Kier alpha value is -2.09. The second kappa shape index (κ2) is 6.13. The molecule has 2 aromatic carbocycles. The molecule has 0 aliphatic heterocycles. The van der Waals surface area contributed by atoms with E-state index in [1.807, 2.05) is 0 Å². The predicted molar refractivity (Wildman–Crippen MR) is 74.4 cm³/mol. The van der Waals surface area contributed by atoms with E-state index in [1.54, 1.807) is 0 Å². The van der Waals surface area contributed by atoms with Gasteiger partial charge < -0.3 is 5.32 Å². The van der Waals surface area contributed by atoms with E-state index in [1.165, 1.54) is 12.1 Å². The molecule has 0 bridgehead atoms. The van der Waals surface area contributed by atoms with Crippen LogP contribution >= 0.6 is 15.9 Å². The molecule has 0 unspecified atom stereocenters. The van der Waals surface area contributed by atoms with Gasteiger partial charge in [0.15, 0.2) is 0 Å². The SMILES string of the molecule is O=[N+]([O-])c1cc(F)cc(CNc2cc(Br)c(F)cc2F)c1. The molecule has 21 heavy (non-hydrogen) atoms. The number of nitro groups is 1. The van der Waals surface area contributed by atoms with E-state index in [2.05, 4.69) is 21.2 Å². The number of nitro benzene ring substituents is 1. The van der Waals surface area contributed by atoms with Crippen molar-refractivity contribution in [2.75, 3.05) is 5.32 Å². The van der Waals surface area contributed by atoms with Crippen molar-refractivity contribution < 1.29 is 18.1 Å². The second-order valence-electron chi connectivity index (χ2n) is 4.17. The van der Waals surface area contributed by atoms with Crippen LogP contribution in [0.1, 0.15) is 5.56 Å². The third-order valence-corrected chi connectivity index (χ3v) is 3.25. The maximum absolute atomic E-state index is 13.5. The fourth-order valence-electron chi connectivity index (χ4n) is 1.70. The van der Waals surface area contributed by atoms with Crippen molar-refractivity contribution in [2.45, 2.75) is 6.54 Å². The van der Waals surface area contributed by atoms with Crippen LogP contribution in [0, 0.1) is 27.6 Å². The fourth-order valence-corrected chi connectivity index (χ4v) is 2.04. The molecule has 0 aliphatic rings.